The van der Waals surface area contributed by atoms with Gasteiger partial charge in [-0.15, -0.1) is 21.5 Å². The van der Waals surface area contributed by atoms with Gasteiger partial charge in [-0.1, -0.05) is 37.2 Å². The number of aryl methyl sites for hydroxylation is 1. The van der Waals surface area contributed by atoms with E-state index in [1.807, 2.05) is 24.3 Å². The SMILES string of the molecule is CC(C)CCc1nc(CSc2nnc(-c3ccc(Cl)cc3)o2)cs1. The lowest BCUT2D eigenvalue weighted by atomic mass is 10.1. The van der Waals surface area contributed by atoms with Crippen LogP contribution in [0.2, 0.25) is 5.02 Å². The molecule has 2 heterocycles. The Morgan fingerprint density at radius 1 is 1.21 bits per heavy atom. The third kappa shape index (κ3) is 4.82. The maximum Gasteiger partial charge on any atom is 0.277 e. The van der Waals surface area contributed by atoms with E-state index in [1.165, 1.54) is 23.2 Å². The van der Waals surface area contributed by atoms with Crippen LogP contribution in [0.3, 0.4) is 0 Å². The summed E-state index contributed by atoms with van der Waals surface area (Å²) in [5, 5.41) is 12.7. The molecule has 0 aliphatic rings. The Labute approximate surface area is 154 Å². The molecule has 0 amide bonds. The predicted octanol–water partition coefficient (Wildman–Crippen LogP) is 5.73. The summed E-state index contributed by atoms with van der Waals surface area (Å²) in [6, 6.07) is 7.35. The maximum absolute atomic E-state index is 5.89. The molecule has 1 aromatic carbocycles. The van der Waals surface area contributed by atoms with Gasteiger partial charge in [-0.2, -0.15) is 0 Å². The van der Waals surface area contributed by atoms with Crippen molar-refractivity contribution >= 4 is 34.7 Å². The Bertz CT molecular complexity index is 783. The second-order valence-corrected chi connectivity index (χ2v) is 8.14. The Morgan fingerprint density at radius 3 is 2.75 bits per heavy atom. The monoisotopic (exact) mass is 379 g/mol. The lowest BCUT2D eigenvalue weighted by molar-refractivity contribution is 0.466. The minimum absolute atomic E-state index is 0.505. The summed E-state index contributed by atoms with van der Waals surface area (Å²) in [7, 11) is 0. The van der Waals surface area contributed by atoms with Gasteiger partial charge < -0.3 is 4.42 Å². The van der Waals surface area contributed by atoms with Crippen LogP contribution in [0, 0.1) is 5.92 Å². The van der Waals surface area contributed by atoms with Crippen molar-refractivity contribution in [3.8, 4) is 11.5 Å². The van der Waals surface area contributed by atoms with Gasteiger partial charge in [0.25, 0.3) is 5.22 Å². The molecule has 0 spiro atoms. The molecule has 24 heavy (non-hydrogen) atoms. The molecule has 2 aromatic heterocycles. The Balaban J connectivity index is 1.56. The number of halogens is 1. The van der Waals surface area contributed by atoms with Gasteiger partial charge in [0.2, 0.25) is 5.89 Å². The van der Waals surface area contributed by atoms with Gasteiger partial charge in [0.15, 0.2) is 0 Å². The molecule has 0 N–H and O–H groups in total. The normalized spacial score (nSPS) is 11.3. The average Bonchev–Trinajstić information content (AvgIpc) is 3.21. The number of thioether (sulfide) groups is 1. The average molecular weight is 380 g/mol. The van der Waals surface area contributed by atoms with Gasteiger partial charge >= 0.3 is 0 Å². The van der Waals surface area contributed by atoms with E-state index in [0.717, 1.165) is 23.4 Å². The number of nitrogens with zero attached hydrogens (tertiary/aromatic N) is 3. The predicted molar refractivity (Wildman–Crippen MR) is 99.6 cm³/mol. The summed E-state index contributed by atoms with van der Waals surface area (Å²) in [5.74, 6) is 1.95. The summed E-state index contributed by atoms with van der Waals surface area (Å²) in [6.07, 6.45) is 2.22. The van der Waals surface area contributed by atoms with Crippen molar-refractivity contribution in [3.05, 3.63) is 45.4 Å². The minimum Gasteiger partial charge on any atom is -0.411 e. The molecule has 0 radical (unpaired) electrons. The molecule has 0 saturated carbocycles. The lowest BCUT2D eigenvalue weighted by Crippen LogP contribution is -1.92. The molecule has 7 heteroatoms. The molecule has 0 bridgehead atoms. The molecule has 126 valence electrons. The smallest absolute Gasteiger partial charge is 0.277 e. The van der Waals surface area contributed by atoms with Gasteiger partial charge in [-0.05, 0) is 43.0 Å². The number of aromatic nitrogens is 3. The van der Waals surface area contributed by atoms with Crippen LogP contribution in [0.15, 0.2) is 39.3 Å². The molecule has 0 saturated heterocycles. The van der Waals surface area contributed by atoms with Crippen LogP contribution in [-0.4, -0.2) is 15.2 Å². The van der Waals surface area contributed by atoms with Crippen LogP contribution < -0.4 is 0 Å². The van der Waals surface area contributed by atoms with Gasteiger partial charge in [-0.3, -0.25) is 0 Å². The quantitative estimate of drug-likeness (QED) is 0.491. The molecule has 0 aliphatic heterocycles. The van der Waals surface area contributed by atoms with E-state index in [1.54, 1.807) is 11.3 Å². The first-order valence-electron chi connectivity index (χ1n) is 7.75. The number of hydrogen-bond acceptors (Lipinski definition) is 6. The van der Waals surface area contributed by atoms with Crippen molar-refractivity contribution in [2.45, 2.75) is 37.7 Å². The van der Waals surface area contributed by atoms with E-state index < -0.39 is 0 Å². The maximum atomic E-state index is 5.89. The Hall–Kier alpha value is -1.37. The molecule has 0 atom stereocenters. The highest BCUT2D eigenvalue weighted by molar-refractivity contribution is 7.98. The third-order valence-corrected chi connectivity index (χ3v) is 5.44. The van der Waals surface area contributed by atoms with E-state index >= 15 is 0 Å². The van der Waals surface area contributed by atoms with Gasteiger partial charge in [0.05, 0.1) is 10.7 Å². The summed E-state index contributed by atoms with van der Waals surface area (Å²) >= 11 is 9.12. The van der Waals surface area contributed by atoms with E-state index in [-0.39, 0.29) is 0 Å². The molecule has 0 aliphatic carbocycles. The standard InChI is InChI=1S/C17H18ClN3OS2/c1-11(2)3-8-15-19-14(9-23-15)10-24-17-21-20-16(22-17)12-4-6-13(18)7-5-12/h4-7,9,11H,3,8,10H2,1-2H3. The summed E-state index contributed by atoms with van der Waals surface area (Å²) in [6.45, 7) is 4.47. The van der Waals surface area contributed by atoms with Gasteiger partial charge in [-0.25, -0.2) is 4.98 Å². The summed E-state index contributed by atoms with van der Waals surface area (Å²) in [4.78, 5) is 4.67. The second-order valence-electron chi connectivity index (χ2n) is 5.83. The highest BCUT2D eigenvalue weighted by Gasteiger charge is 2.10. The molecule has 3 aromatic rings. The highest BCUT2D eigenvalue weighted by Crippen LogP contribution is 2.27. The van der Waals surface area contributed by atoms with Crippen LogP contribution in [-0.2, 0) is 12.2 Å². The number of rotatable bonds is 7. The largest absolute Gasteiger partial charge is 0.411 e. The van der Waals surface area contributed by atoms with Crippen molar-refractivity contribution in [1.29, 1.82) is 0 Å². The zero-order valence-electron chi connectivity index (χ0n) is 13.5. The van der Waals surface area contributed by atoms with Crippen molar-refractivity contribution in [2.24, 2.45) is 5.92 Å². The van der Waals surface area contributed by atoms with Crippen LogP contribution in [0.1, 0.15) is 31.0 Å². The molecular formula is C17H18ClN3OS2. The van der Waals surface area contributed by atoms with Crippen molar-refractivity contribution in [3.63, 3.8) is 0 Å². The summed E-state index contributed by atoms with van der Waals surface area (Å²) in [5.41, 5.74) is 1.93. The fourth-order valence-electron chi connectivity index (χ4n) is 2.06. The summed E-state index contributed by atoms with van der Waals surface area (Å²) < 4.78 is 5.69. The van der Waals surface area contributed by atoms with Crippen molar-refractivity contribution in [1.82, 2.24) is 15.2 Å². The second kappa shape index (κ2) is 8.14. The van der Waals surface area contributed by atoms with E-state index in [0.29, 0.717) is 22.1 Å². The van der Waals surface area contributed by atoms with Crippen molar-refractivity contribution < 1.29 is 4.42 Å². The van der Waals surface area contributed by atoms with E-state index in [2.05, 4.69) is 34.4 Å². The topological polar surface area (TPSA) is 51.8 Å². The molecular weight excluding hydrogens is 362 g/mol. The third-order valence-electron chi connectivity index (χ3n) is 3.38. The Kier molecular flexibility index (Phi) is 5.92. The molecule has 0 fully saturated rings. The number of hydrogen-bond donors (Lipinski definition) is 0. The van der Waals surface area contributed by atoms with Crippen LogP contribution in [0.25, 0.3) is 11.5 Å². The van der Waals surface area contributed by atoms with Crippen LogP contribution >= 0.6 is 34.7 Å². The fraction of sp³-hybridized carbons (Fsp3) is 0.353. The number of thiazole rings is 1. The lowest BCUT2D eigenvalue weighted by Gasteiger charge is -2.00. The van der Waals surface area contributed by atoms with E-state index in [4.69, 9.17) is 16.0 Å². The fourth-order valence-corrected chi connectivity index (χ4v) is 3.76. The zero-order valence-corrected chi connectivity index (χ0v) is 15.9. The minimum atomic E-state index is 0.505. The number of benzene rings is 1. The molecule has 3 rings (SSSR count). The first kappa shape index (κ1) is 17.5. The van der Waals surface area contributed by atoms with E-state index in [9.17, 15) is 0 Å². The van der Waals surface area contributed by atoms with Crippen molar-refractivity contribution in [2.75, 3.05) is 0 Å². The Morgan fingerprint density at radius 2 is 2.00 bits per heavy atom. The van der Waals surface area contributed by atoms with Crippen LogP contribution in [0.5, 0.6) is 0 Å². The zero-order chi connectivity index (χ0) is 16.9. The van der Waals surface area contributed by atoms with Gasteiger partial charge in [0.1, 0.15) is 0 Å². The van der Waals surface area contributed by atoms with Crippen LogP contribution in [0.4, 0.5) is 0 Å². The van der Waals surface area contributed by atoms with Gasteiger partial charge in [0, 0.05) is 21.7 Å². The first-order valence-corrected chi connectivity index (χ1v) is 10.00. The highest BCUT2D eigenvalue weighted by atomic mass is 35.5. The molecule has 0 unspecified atom stereocenters. The molecule has 4 nitrogen and oxygen atoms in total. The first-order chi connectivity index (χ1) is 11.6.